The summed E-state index contributed by atoms with van der Waals surface area (Å²) in [6.45, 7) is 3.49. The van der Waals surface area contributed by atoms with E-state index in [0.29, 0.717) is 22.4 Å². The molecule has 0 saturated heterocycles. The summed E-state index contributed by atoms with van der Waals surface area (Å²) >= 11 is 0. The van der Waals surface area contributed by atoms with Gasteiger partial charge >= 0.3 is 11.9 Å². The monoisotopic (exact) mass is 436 g/mol. The molecule has 0 amide bonds. The SMILES string of the molecule is Cc1cc(C(=O)O)cc(C)c1OC(=O)c1c2ccccc2[n+](C)c2cc3ccccc3cc12. The lowest BCUT2D eigenvalue weighted by Crippen LogP contribution is -2.31. The second-order valence-electron chi connectivity index (χ2n) is 8.30. The van der Waals surface area contributed by atoms with Crippen molar-refractivity contribution in [2.24, 2.45) is 7.05 Å². The molecule has 1 aromatic heterocycles. The summed E-state index contributed by atoms with van der Waals surface area (Å²) < 4.78 is 8.01. The van der Waals surface area contributed by atoms with Crippen LogP contribution in [-0.4, -0.2) is 17.0 Å². The Morgan fingerprint density at radius 1 is 0.788 bits per heavy atom. The number of carboxylic acid groups (broad SMARTS) is 1. The Morgan fingerprint density at radius 2 is 1.39 bits per heavy atom. The number of hydrogen-bond donors (Lipinski definition) is 1. The summed E-state index contributed by atoms with van der Waals surface area (Å²) in [7, 11) is 1.99. The molecule has 1 heterocycles. The molecule has 162 valence electrons. The predicted molar refractivity (Wildman–Crippen MR) is 128 cm³/mol. The van der Waals surface area contributed by atoms with E-state index in [-0.39, 0.29) is 5.56 Å². The average molecular weight is 436 g/mol. The van der Waals surface area contributed by atoms with Crippen LogP contribution in [0.15, 0.2) is 72.8 Å². The minimum absolute atomic E-state index is 0.166. The van der Waals surface area contributed by atoms with Crippen LogP contribution in [0.1, 0.15) is 31.8 Å². The van der Waals surface area contributed by atoms with Gasteiger partial charge in [-0.3, -0.25) is 0 Å². The van der Waals surface area contributed by atoms with Crippen LogP contribution in [0.4, 0.5) is 0 Å². The summed E-state index contributed by atoms with van der Waals surface area (Å²) in [5.74, 6) is -1.10. The number of carboxylic acids is 1. The highest BCUT2D eigenvalue weighted by Crippen LogP contribution is 2.31. The Balaban J connectivity index is 1.76. The Bertz CT molecular complexity index is 1590. The van der Waals surface area contributed by atoms with Crippen LogP contribution < -0.4 is 9.30 Å². The number of ether oxygens (including phenoxy) is 1. The molecule has 0 atom stereocenters. The lowest BCUT2D eigenvalue weighted by molar-refractivity contribution is -0.617. The molecule has 0 aliphatic carbocycles. The van der Waals surface area contributed by atoms with Crippen molar-refractivity contribution in [3.63, 3.8) is 0 Å². The fourth-order valence-electron chi connectivity index (χ4n) is 4.56. The topological polar surface area (TPSA) is 67.5 Å². The zero-order valence-corrected chi connectivity index (χ0v) is 18.5. The fourth-order valence-corrected chi connectivity index (χ4v) is 4.56. The Morgan fingerprint density at radius 3 is 2.06 bits per heavy atom. The van der Waals surface area contributed by atoms with Crippen molar-refractivity contribution >= 4 is 44.5 Å². The molecule has 0 unspecified atom stereocenters. The van der Waals surface area contributed by atoms with E-state index >= 15 is 0 Å². The first-order valence-corrected chi connectivity index (χ1v) is 10.6. The number of para-hydroxylation sites is 1. The maximum absolute atomic E-state index is 13.7. The van der Waals surface area contributed by atoms with Crippen molar-refractivity contribution in [1.29, 1.82) is 0 Å². The Kier molecular flexibility index (Phi) is 4.82. The van der Waals surface area contributed by atoms with Crippen LogP contribution in [-0.2, 0) is 7.05 Å². The number of carbonyl (C=O) groups excluding carboxylic acids is 1. The van der Waals surface area contributed by atoms with E-state index in [1.807, 2.05) is 55.6 Å². The molecule has 0 saturated carbocycles. The molecule has 5 rings (SSSR count). The first kappa shape index (κ1) is 20.6. The number of fused-ring (bicyclic) bond motifs is 3. The van der Waals surface area contributed by atoms with Crippen molar-refractivity contribution in [3.8, 4) is 5.75 Å². The van der Waals surface area contributed by atoms with E-state index in [4.69, 9.17) is 4.74 Å². The van der Waals surface area contributed by atoms with Gasteiger partial charge in [0.2, 0.25) is 11.0 Å². The van der Waals surface area contributed by atoms with E-state index in [2.05, 4.69) is 16.7 Å². The van der Waals surface area contributed by atoms with Crippen LogP contribution >= 0.6 is 0 Å². The van der Waals surface area contributed by atoms with Gasteiger partial charge in [0.05, 0.1) is 21.9 Å². The second-order valence-corrected chi connectivity index (χ2v) is 8.30. The number of benzene rings is 4. The van der Waals surface area contributed by atoms with Crippen molar-refractivity contribution in [1.82, 2.24) is 0 Å². The second kappa shape index (κ2) is 7.71. The fraction of sp³-hybridized carbons (Fsp3) is 0.107. The number of aryl methyl sites for hydroxylation is 3. The highest BCUT2D eigenvalue weighted by Gasteiger charge is 2.25. The molecule has 5 aromatic rings. The quantitative estimate of drug-likeness (QED) is 0.175. The van der Waals surface area contributed by atoms with E-state index in [9.17, 15) is 14.7 Å². The summed E-state index contributed by atoms with van der Waals surface area (Å²) in [5, 5.41) is 13.0. The third-order valence-electron chi connectivity index (χ3n) is 6.14. The van der Waals surface area contributed by atoms with Gasteiger partial charge in [0.1, 0.15) is 12.8 Å². The number of rotatable bonds is 3. The maximum Gasteiger partial charge on any atom is 0.345 e. The molecular formula is C28H22NO4+. The van der Waals surface area contributed by atoms with E-state index < -0.39 is 11.9 Å². The third kappa shape index (κ3) is 3.38. The van der Waals surface area contributed by atoms with Crippen LogP contribution in [0.2, 0.25) is 0 Å². The van der Waals surface area contributed by atoms with Gasteiger partial charge in [-0.2, -0.15) is 4.57 Å². The zero-order chi connectivity index (χ0) is 23.3. The number of pyridine rings is 1. The van der Waals surface area contributed by atoms with Crippen LogP contribution in [0.25, 0.3) is 32.6 Å². The number of carbonyl (C=O) groups is 2. The minimum atomic E-state index is -1.02. The molecule has 0 spiro atoms. The standard InChI is InChI=1S/C28H21NO4/c1-16-12-20(27(30)31)13-17(2)26(16)33-28(32)25-21-10-6-7-11-23(21)29(3)24-15-19-9-5-4-8-18(19)14-22(24)25/h4-15H,1-3H3/p+1. The first-order valence-electron chi connectivity index (χ1n) is 10.6. The Hall–Kier alpha value is -4.25. The lowest BCUT2D eigenvalue weighted by atomic mass is 9.98. The molecule has 0 bridgehead atoms. The summed E-state index contributed by atoms with van der Waals surface area (Å²) in [4.78, 5) is 25.0. The smallest absolute Gasteiger partial charge is 0.345 e. The van der Waals surface area contributed by atoms with E-state index in [1.54, 1.807) is 13.8 Å². The van der Waals surface area contributed by atoms with Crippen LogP contribution in [0, 0.1) is 13.8 Å². The Labute approximate surface area is 190 Å². The lowest BCUT2D eigenvalue weighted by Gasteiger charge is -2.14. The van der Waals surface area contributed by atoms with Gasteiger partial charge < -0.3 is 9.84 Å². The zero-order valence-electron chi connectivity index (χ0n) is 18.5. The van der Waals surface area contributed by atoms with Gasteiger partial charge in [-0.25, -0.2) is 9.59 Å². The number of esters is 1. The molecule has 33 heavy (non-hydrogen) atoms. The van der Waals surface area contributed by atoms with Crippen LogP contribution in [0.5, 0.6) is 5.75 Å². The summed E-state index contributed by atoms with van der Waals surface area (Å²) in [5.41, 5.74) is 3.70. The number of aromatic nitrogens is 1. The van der Waals surface area contributed by atoms with Crippen molar-refractivity contribution in [2.75, 3.05) is 0 Å². The highest BCUT2D eigenvalue weighted by atomic mass is 16.5. The number of aromatic carboxylic acids is 1. The first-order chi connectivity index (χ1) is 15.8. The van der Waals surface area contributed by atoms with Gasteiger partial charge in [0, 0.05) is 12.1 Å². The minimum Gasteiger partial charge on any atom is -0.478 e. The van der Waals surface area contributed by atoms with Crippen molar-refractivity contribution in [3.05, 3.63) is 95.1 Å². The third-order valence-corrected chi connectivity index (χ3v) is 6.14. The van der Waals surface area contributed by atoms with E-state index in [0.717, 1.165) is 32.6 Å². The molecule has 0 fully saturated rings. The van der Waals surface area contributed by atoms with Crippen molar-refractivity contribution in [2.45, 2.75) is 13.8 Å². The molecular weight excluding hydrogens is 414 g/mol. The predicted octanol–water partition coefficient (Wildman–Crippen LogP) is 5.50. The van der Waals surface area contributed by atoms with Gasteiger partial charge in [-0.15, -0.1) is 0 Å². The van der Waals surface area contributed by atoms with Gasteiger partial charge in [0.25, 0.3) is 0 Å². The number of nitrogens with zero attached hydrogens (tertiary/aromatic N) is 1. The maximum atomic E-state index is 13.7. The van der Waals surface area contributed by atoms with Gasteiger partial charge in [0.15, 0.2) is 0 Å². The van der Waals surface area contributed by atoms with Gasteiger partial charge in [-0.05, 0) is 60.0 Å². The van der Waals surface area contributed by atoms with Gasteiger partial charge in [-0.1, -0.05) is 36.4 Å². The van der Waals surface area contributed by atoms with Crippen molar-refractivity contribution < 1.29 is 24.0 Å². The molecule has 0 aliphatic rings. The normalized spacial score (nSPS) is 11.2. The average Bonchev–Trinajstić information content (AvgIpc) is 2.80. The molecule has 5 nitrogen and oxygen atoms in total. The van der Waals surface area contributed by atoms with E-state index in [1.165, 1.54) is 12.1 Å². The van der Waals surface area contributed by atoms with Crippen LogP contribution in [0.3, 0.4) is 0 Å². The highest BCUT2D eigenvalue weighted by molar-refractivity contribution is 6.15. The molecule has 0 radical (unpaired) electrons. The summed E-state index contributed by atoms with van der Waals surface area (Å²) in [6, 6.07) is 23.0. The summed E-state index contributed by atoms with van der Waals surface area (Å²) in [6.07, 6.45) is 0. The molecule has 4 aromatic carbocycles. The molecule has 1 N–H and O–H groups in total. The largest absolute Gasteiger partial charge is 0.478 e. The molecule has 0 aliphatic heterocycles. The molecule has 5 heteroatoms. The number of hydrogen-bond acceptors (Lipinski definition) is 3.